The number of aromatic hydroxyl groups is 1. The fourth-order valence-electron chi connectivity index (χ4n) is 1.86. The molecule has 0 saturated carbocycles. The summed E-state index contributed by atoms with van der Waals surface area (Å²) in [6.07, 6.45) is 1.65. The zero-order valence-corrected chi connectivity index (χ0v) is 11.3. The molecule has 4 nitrogen and oxygen atoms in total. The van der Waals surface area contributed by atoms with Crippen LogP contribution in [0.25, 0.3) is 10.8 Å². The molecular weight excluding hydrogens is 302 g/mol. The van der Waals surface area contributed by atoms with Gasteiger partial charge in [0, 0.05) is 11.6 Å². The van der Waals surface area contributed by atoms with Crippen LogP contribution in [0.1, 0.15) is 0 Å². The Bertz CT molecular complexity index is 744. The van der Waals surface area contributed by atoms with Crippen LogP contribution in [0.3, 0.4) is 0 Å². The van der Waals surface area contributed by atoms with Crippen molar-refractivity contribution in [2.45, 2.75) is 0 Å². The van der Waals surface area contributed by atoms with Crippen LogP contribution in [0.4, 0.5) is 11.5 Å². The van der Waals surface area contributed by atoms with Gasteiger partial charge in [-0.05, 0) is 23.6 Å². The van der Waals surface area contributed by atoms with Crippen molar-refractivity contribution in [3.8, 4) is 5.75 Å². The van der Waals surface area contributed by atoms with Gasteiger partial charge in [0.1, 0.15) is 11.4 Å². The summed E-state index contributed by atoms with van der Waals surface area (Å²) in [5.41, 5.74) is 0.462. The van der Waals surface area contributed by atoms with Crippen molar-refractivity contribution in [1.82, 2.24) is 4.98 Å². The molecule has 0 fully saturated rings. The number of aromatic nitrogens is 1. The molecule has 0 saturated heterocycles. The van der Waals surface area contributed by atoms with E-state index in [2.05, 4.69) is 15.2 Å². The van der Waals surface area contributed by atoms with E-state index in [0.29, 0.717) is 11.5 Å². The maximum absolute atomic E-state index is 9.91. The summed E-state index contributed by atoms with van der Waals surface area (Å²) in [4.78, 5) is 4.06. The van der Waals surface area contributed by atoms with Gasteiger partial charge in [0.25, 0.3) is 0 Å². The van der Waals surface area contributed by atoms with Crippen LogP contribution in [0.2, 0.25) is 0 Å². The molecule has 101 valence electrons. The van der Waals surface area contributed by atoms with E-state index in [9.17, 15) is 5.11 Å². The van der Waals surface area contributed by atoms with Crippen LogP contribution >= 0.6 is 0 Å². The summed E-state index contributed by atoms with van der Waals surface area (Å²) in [6, 6.07) is 16.6. The second kappa shape index (κ2) is 6.28. The van der Waals surface area contributed by atoms with Gasteiger partial charge in [-0.3, -0.25) is 0 Å². The Morgan fingerprint density at radius 3 is 2.45 bits per heavy atom. The van der Waals surface area contributed by atoms with Crippen molar-refractivity contribution in [1.29, 1.82) is 0 Å². The molecule has 1 N–H and O–H groups in total. The Labute approximate surface area is 126 Å². The largest absolute Gasteiger partial charge is 2.00 e. The predicted octanol–water partition coefficient (Wildman–Crippen LogP) is 4.35. The van der Waals surface area contributed by atoms with Crippen LogP contribution in [-0.2, 0) is 17.1 Å². The van der Waals surface area contributed by atoms with Crippen molar-refractivity contribution in [2.75, 3.05) is 0 Å². The van der Waals surface area contributed by atoms with Gasteiger partial charge in [-0.25, -0.2) is 4.98 Å². The quantitative estimate of drug-likeness (QED) is 0.565. The van der Waals surface area contributed by atoms with Crippen molar-refractivity contribution in [2.24, 2.45) is 10.2 Å². The summed E-state index contributed by atoms with van der Waals surface area (Å²) in [6.45, 7) is 0. The summed E-state index contributed by atoms with van der Waals surface area (Å²) >= 11 is 0. The Morgan fingerprint density at radius 2 is 1.65 bits per heavy atom. The first-order valence-electron chi connectivity index (χ1n) is 5.88. The zero-order valence-electron chi connectivity index (χ0n) is 10.4. The van der Waals surface area contributed by atoms with Crippen LogP contribution in [0, 0.1) is 0 Å². The molecule has 0 amide bonds. The Kier molecular flexibility index (Phi) is 4.45. The molecule has 0 aliphatic rings. The monoisotopic (exact) mass is 312 g/mol. The van der Waals surface area contributed by atoms with E-state index in [4.69, 9.17) is 0 Å². The molecule has 2 aromatic carbocycles. The number of phenolic OH excluding ortho intramolecular Hbond substituents is 1. The second-order valence-corrected chi connectivity index (χ2v) is 4.04. The molecule has 1 aromatic heterocycles. The molecule has 0 aliphatic heterocycles. The first-order chi connectivity index (χ1) is 9.34. The topological polar surface area (TPSA) is 57.8 Å². The molecule has 5 heteroatoms. The van der Waals surface area contributed by atoms with Gasteiger partial charge in [-0.15, -0.1) is 10.2 Å². The molecular formula is C15H11CuN3O+2. The fraction of sp³-hybridized carbons (Fsp3) is 0. The number of phenols is 1. The molecule has 0 unspecified atom stereocenters. The third-order valence-corrected chi connectivity index (χ3v) is 2.78. The summed E-state index contributed by atoms with van der Waals surface area (Å²) in [7, 11) is 0. The average molecular weight is 313 g/mol. The van der Waals surface area contributed by atoms with Gasteiger partial charge >= 0.3 is 17.1 Å². The maximum Gasteiger partial charge on any atom is 2.00 e. The Morgan fingerprint density at radius 1 is 0.850 bits per heavy atom. The van der Waals surface area contributed by atoms with Gasteiger partial charge in [0.15, 0.2) is 5.82 Å². The first-order valence-corrected chi connectivity index (χ1v) is 5.88. The number of nitrogens with zero attached hydrogens (tertiary/aromatic N) is 3. The standard InChI is InChI=1S/C15H11N3O.Cu/c19-13-9-8-11-5-1-2-6-12(11)15(13)18-17-14-7-3-4-10-16-14;/h1-10,19H;/q;+2. The second-order valence-electron chi connectivity index (χ2n) is 4.04. The number of pyridine rings is 1. The van der Waals surface area contributed by atoms with Crippen molar-refractivity contribution >= 4 is 22.3 Å². The van der Waals surface area contributed by atoms with Gasteiger partial charge in [-0.2, -0.15) is 0 Å². The minimum absolute atomic E-state index is 0. The Hall–Kier alpha value is -2.23. The van der Waals surface area contributed by atoms with E-state index in [1.54, 1.807) is 18.3 Å². The molecule has 3 rings (SSSR count). The molecule has 0 spiro atoms. The van der Waals surface area contributed by atoms with E-state index >= 15 is 0 Å². The van der Waals surface area contributed by atoms with E-state index < -0.39 is 0 Å². The van der Waals surface area contributed by atoms with Gasteiger partial charge in [-0.1, -0.05) is 36.4 Å². The molecule has 20 heavy (non-hydrogen) atoms. The van der Waals surface area contributed by atoms with Crippen LogP contribution in [-0.4, -0.2) is 10.1 Å². The number of fused-ring (bicyclic) bond motifs is 1. The smallest absolute Gasteiger partial charge is 0.506 e. The number of hydrogen-bond donors (Lipinski definition) is 1. The molecule has 1 heterocycles. The van der Waals surface area contributed by atoms with E-state index in [0.717, 1.165) is 10.8 Å². The molecule has 0 atom stereocenters. The number of benzene rings is 2. The number of rotatable bonds is 2. The average Bonchev–Trinajstić information content (AvgIpc) is 2.47. The Balaban J connectivity index is 0.00000147. The van der Waals surface area contributed by atoms with Crippen LogP contribution in [0.15, 0.2) is 71.0 Å². The predicted molar refractivity (Wildman–Crippen MR) is 74.0 cm³/mol. The van der Waals surface area contributed by atoms with Crippen molar-refractivity contribution in [3.05, 3.63) is 60.8 Å². The van der Waals surface area contributed by atoms with Crippen molar-refractivity contribution < 1.29 is 22.2 Å². The summed E-state index contributed by atoms with van der Waals surface area (Å²) in [5, 5.41) is 19.9. The fourth-order valence-corrected chi connectivity index (χ4v) is 1.86. The summed E-state index contributed by atoms with van der Waals surface area (Å²) in [5.74, 6) is 0.619. The van der Waals surface area contributed by atoms with Crippen LogP contribution < -0.4 is 0 Å². The molecule has 0 bridgehead atoms. The van der Waals surface area contributed by atoms with Crippen molar-refractivity contribution in [3.63, 3.8) is 0 Å². The summed E-state index contributed by atoms with van der Waals surface area (Å²) < 4.78 is 0. The third kappa shape index (κ3) is 2.85. The normalized spacial score (nSPS) is 10.6. The van der Waals surface area contributed by atoms with Gasteiger partial charge in [0.05, 0.1) is 0 Å². The molecule has 1 radical (unpaired) electrons. The van der Waals surface area contributed by atoms with E-state index in [-0.39, 0.29) is 22.8 Å². The number of hydrogen-bond acceptors (Lipinski definition) is 4. The molecule has 0 aliphatic carbocycles. The van der Waals surface area contributed by atoms with Crippen LogP contribution in [0.5, 0.6) is 5.75 Å². The third-order valence-electron chi connectivity index (χ3n) is 2.78. The van der Waals surface area contributed by atoms with E-state index in [1.807, 2.05) is 42.5 Å². The number of azo groups is 1. The SMILES string of the molecule is Oc1ccc2ccccc2c1N=Nc1ccccn1.[Cu+2]. The van der Waals surface area contributed by atoms with E-state index in [1.165, 1.54) is 0 Å². The maximum atomic E-state index is 9.91. The van der Waals surface area contributed by atoms with Gasteiger partial charge in [0.2, 0.25) is 0 Å². The zero-order chi connectivity index (χ0) is 13.1. The molecule has 3 aromatic rings. The first kappa shape index (κ1) is 14.2. The van der Waals surface area contributed by atoms with Gasteiger partial charge < -0.3 is 5.11 Å². The minimum Gasteiger partial charge on any atom is -0.506 e. The minimum atomic E-state index is 0.